The molecule has 0 fully saturated rings. The number of carbonyl (C=O) groups excluding carboxylic acids is 2. The SMILES string of the molecule is C=CC(=O)N(Cc1cccn1C(F)F)c1ccc2c(c1)CCNC2=O. The first-order valence-electron chi connectivity index (χ1n) is 7.80. The van der Waals surface area contributed by atoms with Crippen LogP contribution in [-0.4, -0.2) is 22.9 Å². The third-order valence-electron chi connectivity index (χ3n) is 4.16. The number of benzene rings is 1. The third-order valence-corrected chi connectivity index (χ3v) is 4.16. The number of aromatic nitrogens is 1. The summed E-state index contributed by atoms with van der Waals surface area (Å²) in [6.07, 6.45) is 3.06. The Morgan fingerprint density at radius 1 is 1.40 bits per heavy atom. The molecule has 25 heavy (non-hydrogen) atoms. The van der Waals surface area contributed by atoms with Crippen molar-refractivity contribution >= 4 is 17.5 Å². The largest absolute Gasteiger partial charge is 0.352 e. The fraction of sp³-hybridized carbons (Fsp3) is 0.222. The fourth-order valence-corrected chi connectivity index (χ4v) is 2.90. The molecule has 0 atom stereocenters. The van der Waals surface area contributed by atoms with E-state index in [1.165, 1.54) is 17.2 Å². The lowest BCUT2D eigenvalue weighted by Crippen LogP contribution is -2.33. The Morgan fingerprint density at radius 2 is 2.20 bits per heavy atom. The Kier molecular flexibility index (Phi) is 4.65. The van der Waals surface area contributed by atoms with E-state index in [-0.39, 0.29) is 12.5 Å². The number of hydrogen-bond acceptors (Lipinski definition) is 2. The Hall–Kier alpha value is -2.96. The van der Waals surface area contributed by atoms with Crippen LogP contribution in [0.3, 0.4) is 0 Å². The van der Waals surface area contributed by atoms with E-state index in [0.717, 1.165) is 16.2 Å². The molecule has 130 valence electrons. The Bertz CT molecular complexity index is 829. The lowest BCUT2D eigenvalue weighted by Gasteiger charge is -2.25. The molecule has 0 unspecified atom stereocenters. The number of hydrogen-bond donors (Lipinski definition) is 1. The van der Waals surface area contributed by atoms with Gasteiger partial charge in [0.05, 0.1) is 6.54 Å². The van der Waals surface area contributed by atoms with Gasteiger partial charge in [0.25, 0.3) is 11.8 Å². The predicted octanol–water partition coefficient (Wildman–Crippen LogP) is 2.89. The molecule has 1 aliphatic rings. The Morgan fingerprint density at radius 3 is 2.92 bits per heavy atom. The molecule has 7 heteroatoms. The molecule has 1 aromatic heterocycles. The van der Waals surface area contributed by atoms with Crippen LogP contribution in [-0.2, 0) is 17.8 Å². The van der Waals surface area contributed by atoms with Crippen molar-refractivity contribution in [2.24, 2.45) is 0 Å². The van der Waals surface area contributed by atoms with E-state index in [1.54, 1.807) is 24.3 Å². The number of nitrogens with zero attached hydrogens (tertiary/aromatic N) is 2. The van der Waals surface area contributed by atoms with Gasteiger partial charge in [-0.3, -0.25) is 14.2 Å². The van der Waals surface area contributed by atoms with E-state index in [2.05, 4.69) is 11.9 Å². The van der Waals surface area contributed by atoms with Gasteiger partial charge in [0.2, 0.25) is 0 Å². The summed E-state index contributed by atoms with van der Waals surface area (Å²) in [7, 11) is 0. The summed E-state index contributed by atoms with van der Waals surface area (Å²) in [4.78, 5) is 25.5. The molecule has 0 bridgehead atoms. The zero-order chi connectivity index (χ0) is 18.0. The molecular weight excluding hydrogens is 328 g/mol. The van der Waals surface area contributed by atoms with Gasteiger partial charge in [-0.1, -0.05) is 6.58 Å². The van der Waals surface area contributed by atoms with Gasteiger partial charge in [0, 0.05) is 29.7 Å². The van der Waals surface area contributed by atoms with Crippen LogP contribution in [0.25, 0.3) is 0 Å². The van der Waals surface area contributed by atoms with Gasteiger partial charge in [0.1, 0.15) is 0 Å². The van der Waals surface area contributed by atoms with Gasteiger partial charge >= 0.3 is 6.55 Å². The monoisotopic (exact) mass is 345 g/mol. The highest BCUT2D eigenvalue weighted by Gasteiger charge is 2.21. The normalized spacial score (nSPS) is 13.3. The molecular formula is C18H17F2N3O2. The van der Waals surface area contributed by atoms with Gasteiger partial charge in [-0.15, -0.1) is 0 Å². The average Bonchev–Trinajstić information content (AvgIpc) is 3.07. The van der Waals surface area contributed by atoms with Crippen molar-refractivity contribution in [2.45, 2.75) is 19.5 Å². The number of anilines is 1. The van der Waals surface area contributed by atoms with E-state index in [1.807, 2.05) is 0 Å². The van der Waals surface area contributed by atoms with Crippen LogP contribution in [0.1, 0.15) is 28.2 Å². The number of nitrogens with one attached hydrogen (secondary N) is 1. The molecule has 0 aliphatic carbocycles. The van der Waals surface area contributed by atoms with Crippen molar-refractivity contribution in [3.63, 3.8) is 0 Å². The third kappa shape index (κ3) is 3.31. The summed E-state index contributed by atoms with van der Waals surface area (Å²) < 4.78 is 26.9. The number of fused-ring (bicyclic) bond motifs is 1. The van der Waals surface area contributed by atoms with Crippen molar-refractivity contribution in [3.8, 4) is 0 Å². The zero-order valence-corrected chi connectivity index (χ0v) is 13.4. The van der Waals surface area contributed by atoms with Crippen LogP contribution in [0.2, 0.25) is 0 Å². The summed E-state index contributed by atoms with van der Waals surface area (Å²) >= 11 is 0. The molecule has 1 aromatic carbocycles. The van der Waals surface area contributed by atoms with Crippen LogP contribution in [0.4, 0.5) is 14.5 Å². The lowest BCUT2D eigenvalue weighted by atomic mass is 9.99. The minimum absolute atomic E-state index is 0.0207. The Balaban J connectivity index is 1.96. The van der Waals surface area contributed by atoms with Crippen LogP contribution < -0.4 is 10.2 Å². The average molecular weight is 345 g/mol. The molecule has 0 spiro atoms. The number of carbonyl (C=O) groups is 2. The molecule has 2 heterocycles. The van der Waals surface area contributed by atoms with Crippen molar-refractivity contribution in [3.05, 3.63) is 66.0 Å². The highest BCUT2D eigenvalue weighted by molar-refractivity contribution is 6.02. The lowest BCUT2D eigenvalue weighted by molar-refractivity contribution is -0.114. The number of rotatable bonds is 5. The van der Waals surface area contributed by atoms with E-state index >= 15 is 0 Å². The summed E-state index contributed by atoms with van der Waals surface area (Å²) in [5.41, 5.74) is 2.24. The number of halogens is 2. The first-order valence-corrected chi connectivity index (χ1v) is 7.80. The topological polar surface area (TPSA) is 54.3 Å². The molecule has 0 saturated heterocycles. The summed E-state index contributed by atoms with van der Waals surface area (Å²) in [6.45, 7) is 1.31. The summed E-state index contributed by atoms with van der Waals surface area (Å²) in [5, 5.41) is 2.75. The van der Waals surface area contributed by atoms with E-state index in [0.29, 0.717) is 29.9 Å². The highest BCUT2D eigenvalue weighted by Crippen LogP contribution is 2.25. The minimum Gasteiger partial charge on any atom is -0.352 e. The van der Waals surface area contributed by atoms with Gasteiger partial charge in [-0.2, -0.15) is 8.78 Å². The molecule has 0 saturated carbocycles. The smallest absolute Gasteiger partial charge is 0.318 e. The molecule has 5 nitrogen and oxygen atoms in total. The van der Waals surface area contributed by atoms with Gasteiger partial charge < -0.3 is 10.2 Å². The number of alkyl halides is 2. The first kappa shape index (κ1) is 16.9. The number of amides is 2. The predicted molar refractivity (Wildman–Crippen MR) is 89.6 cm³/mol. The Labute approximate surface area is 143 Å². The van der Waals surface area contributed by atoms with Crippen molar-refractivity contribution in [1.29, 1.82) is 0 Å². The molecule has 3 rings (SSSR count). The molecule has 1 N–H and O–H groups in total. The quantitative estimate of drug-likeness (QED) is 0.847. The second-order valence-corrected chi connectivity index (χ2v) is 5.66. The van der Waals surface area contributed by atoms with Crippen molar-refractivity contribution < 1.29 is 18.4 Å². The van der Waals surface area contributed by atoms with Crippen LogP contribution in [0, 0.1) is 0 Å². The molecule has 1 aliphatic heterocycles. The van der Waals surface area contributed by atoms with E-state index < -0.39 is 12.5 Å². The molecule has 2 amide bonds. The first-order chi connectivity index (χ1) is 12.0. The maximum atomic E-state index is 13.1. The minimum atomic E-state index is -2.68. The maximum absolute atomic E-state index is 13.1. The maximum Gasteiger partial charge on any atom is 0.318 e. The van der Waals surface area contributed by atoms with Crippen LogP contribution in [0.5, 0.6) is 0 Å². The summed E-state index contributed by atoms with van der Waals surface area (Å²) in [5.74, 6) is -0.553. The molecule has 2 aromatic rings. The second kappa shape index (κ2) is 6.88. The van der Waals surface area contributed by atoms with Crippen molar-refractivity contribution in [2.75, 3.05) is 11.4 Å². The van der Waals surface area contributed by atoms with Gasteiger partial charge in [-0.05, 0) is 48.4 Å². The van der Waals surface area contributed by atoms with Gasteiger partial charge in [0.15, 0.2) is 0 Å². The van der Waals surface area contributed by atoms with Gasteiger partial charge in [-0.25, -0.2) is 0 Å². The van der Waals surface area contributed by atoms with Crippen LogP contribution >= 0.6 is 0 Å². The molecule has 0 radical (unpaired) electrons. The van der Waals surface area contributed by atoms with E-state index in [9.17, 15) is 18.4 Å². The standard InChI is InChI=1S/C18H17F2N3O2/c1-2-16(24)23(11-14-4-3-9-22(14)18(19)20)13-5-6-15-12(10-13)7-8-21-17(15)25/h2-6,9-10,18H,1,7-8,11H2,(H,21,25). The highest BCUT2D eigenvalue weighted by atomic mass is 19.3. The fourth-order valence-electron chi connectivity index (χ4n) is 2.90. The van der Waals surface area contributed by atoms with E-state index in [4.69, 9.17) is 0 Å². The second-order valence-electron chi connectivity index (χ2n) is 5.66. The van der Waals surface area contributed by atoms with Crippen LogP contribution in [0.15, 0.2) is 49.2 Å². The van der Waals surface area contributed by atoms with Crippen molar-refractivity contribution in [1.82, 2.24) is 9.88 Å². The zero-order valence-electron chi connectivity index (χ0n) is 13.4. The summed E-state index contributed by atoms with van der Waals surface area (Å²) in [6, 6.07) is 8.09.